The largest absolute Gasteiger partial charge is 0.369 e. The Kier molecular flexibility index (Phi) is 3.84. The molecule has 1 heterocycles. The summed E-state index contributed by atoms with van der Waals surface area (Å²) in [5.41, 5.74) is 1.04. The molecule has 5 heteroatoms. The summed E-state index contributed by atoms with van der Waals surface area (Å²) in [7, 11) is 0. The molecule has 0 radical (unpaired) electrons. The van der Waals surface area contributed by atoms with Crippen LogP contribution in [0.1, 0.15) is 12.8 Å². The van der Waals surface area contributed by atoms with Crippen LogP contribution in [0.15, 0.2) is 18.2 Å². The fraction of sp³-hybridized carbons (Fsp3) is 0.417. The third-order valence-corrected chi connectivity index (χ3v) is 3.04. The number of hydrogen-bond acceptors (Lipinski definition) is 2. The molecule has 1 amide bonds. The van der Waals surface area contributed by atoms with Crippen molar-refractivity contribution in [1.29, 1.82) is 0 Å². The molecule has 0 spiro atoms. The average molecular weight is 257 g/mol. The number of nitrogens with zero attached hydrogens (tertiary/aromatic N) is 1. The molecular formula is C12H14ClFN2O. The molecule has 17 heavy (non-hydrogen) atoms. The Morgan fingerprint density at radius 3 is 2.71 bits per heavy atom. The van der Waals surface area contributed by atoms with Gasteiger partial charge in [0.05, 0.1) is 5.69 Å². The highest BCUT2D eigenvalue weighted by molar-refractivity contribution is 6.29. The number of anilines is 2. The molecule has 0 unspecified atom stereocenters. The van der Waals surface area contributed by atoms with Gasteiger partial charge in [-0.25, -0.2) is 4.39 Å². The summed E-state index contributed by atoms with van der Waals surface area (Å²) in [5, 5.41) is 2.52. The number of rotatable bonds is 3. The Balaban J connectivity index is 2.13. The average Bonchev–Trinajstić information content (AvgIpc) is 2.82. The molecule has 0 aromatic heterocycles. The summed E-state index contributed by atoms with van der Waals surface area (Å²) < 4.78 is 13.8. The second-order valence-corrected chi connectivity index (χ2v) is 4.31. The van der Waals surface area contributed by atoms with Crippen LogP contribution in [0.2, 0.25) is 0 Å². The van der Waals surface area contributed by atoms with E-state index < -0.39 is 0 Å². The molecular weight excluding hydrogens is 243 g/mol. The minimum absolute atomic E-state index is 0.129. The molecule has 3 nitrogen and oxygen atoms in total. The summed E-state index contributed by atoms with van der Waals surface area (Å²) in [6.45, 7) is 1.79. The standard InChI is InChI=1S/C12H14ClFN2O/c13-8-12(17)15-9-3-4-11(10(14)7-9)16-5-1-2-6-16/h3-4,7H,1-2,5-6,8H2,(H,15,17). The zero-order chi connectivity index (χ0) is 12.3. The lowest BCUT2D eigenvalue weighted by Gasteiger charge is -2.18. The first-order valence-corrected chi connectivity index (χ1v) is 6.14. The topological polar surface area (TPSA) is 32.3 Å². The number of hydrogen-bond donors (Lipinski definition) is 1. The Bertz CT molecular complexity index is 419. The van der Waals surface area contributed by atoms with Crippen LogP contribution in [0, 0.1) is 5.82 Å². The normalized spacial score (nSPS) is 15.1. The number of nitrogens with one attached hydrogen (secondary N) is 1. The van der Waals surface area contributed by atoms with E-state index in [2.05, 4.69) is 5.32 Å². The maximum Gasteiger partial charge on any atom is 0.239 e. The van der Waals surface area contributed by atoms with Crippen LogP contribution >= 0.6 is 11.6 Å². The Morgan fingerprint density at radius 2 is 2.12 bits per heavy atom. The Hall–Kier alpha value is -1.29. The van der Waals surface area contributed by atoms with Gasteiger partial charge in [0.25, 0.3) is 0 Å². The van der Waals surface area contributed by atoms with Crippen molar-refractivity contribution in [1.82, 2.24) is 0 Å². The molecule has 0 aliphatic carbocycles. The molecule has 2 rings (SSSR count). The fourth-order valence-electron chi connectivity index (χ4n) is 1.99. The quantitative estimate of drug-likeness (QED) is 0.843. The predicted octanol–water partition coefficient (Wildman–Crippen LogP) is 2.60. The number of halogens is 2. The van der Waals surface area contributed by atoms with E-state index in [0.29, 0.717) is 11.4 Å². The van der Waals surface area contributed by atoms with Gasteiger partial charge in [-0.2, -0.15) is 0 Å². The third-order valence-electron chi connectivity index (χ3n) is 2.80. The first kappa shape index (κ1) is 12.2. The minimum Gasteiger partial charge on any atom is -0.369 e. The van der Waals surface area contributed by atoms with E-state index in [1.807, 2.05) is 4.90 Å². The van der Waals surface area contributed by atoms with E-state index in [0.717, 1.165) is 25.9 Å². The van der Waals surface area contributed by atoms with Crippen molar-refractivity contribution in [2.24, 2.45) is 0 Å². The van der Waals surface area contributed by atoms with Gasteiger partial charge in [-0.1, -0.05) is 0 Å². The zero-order valence-corrected chi connectivity index (χ0v) is 10.1. The van der Waals surface area contributed by atoms with Gasteiger partial charge in [0, 0.05) is 18.8 Å². The smallest absolute Gasteiger partial charge is 0.239 e. The van der Waals surface area contributed by atoms with E-state index in [9.17, 15) is 9.18 Å². The van der Waals surface area contributed by atoms with Crippen molar-refractivity contribution in [3.8, 4) is 0 Å². The van der Waals surface area contributed by atoms with Gasteiger partial charge < -0.3 is 10.2 Å². The molecule has 1 aliphatic heterocycles. The highest BCUT2D eigenvalue weighted by Gasteiger charge is 2.16. The highest BCUT2D eigenvalue weighted by atomic mass is 35.5. The number of amides is 1. The molecule has 0 atom stereocenters. The van der Waals surface area contributed by atoms with Crippen LogP contribution in [0.4, 0.5) is 15.8 Å². The number of alkyl halides is 1. The predicted molar refractivity (Wildman–Crippen MR) is 67.2 cm³/mol. The highest BCUT2D eigenvalue weighted by Crippen LogP contribution is 2.25. The lowest BCUT2D eigenvalue weighted by atomic mass is 10.2. The van der Waals surface area contributed by atoms with Gasteiger partial charge in [0.1, 0.15) is 11.7 Å². The summed E-state index contributed by atoms with van der Waals surface area (Å²) in [6.07, 6.45) is 2.20. The second kappa shape index (κ2) is 5.36. The molecule has 1 aromatic rings. The first-order chi connectivity index (χ1) is 8.20. The van der Waals surface area contributed by atoms with Crippen LogP contribution < -0.4 is 10.2 Å². The van der Waals surface area contributed by atoms with Crippen LogP contribution in [0.3, 0.4) is 0 Å². The molecule has 1 aliphatic rings. The minimum atomic E-state index is -0.333. The summed E-state index contributed by atoms with van der Waals surface area (Å²) in [5.74, 6) is -0.769. The van der Waals surface area contributed by atoms with Crippen molar-refractivity contribution in [2.75, 3.05) is 29.2 Å². The van der Waals surface area contributed by atoms with E-state index in [1.54, 1.807) is 12.1 Å². The van der Waals surface area contributed by atoms with Crippen LogP contribution in [0.25, 0.3) is 0 Å². The van der Waals surface area contributed by atoms with Crippen LogP contribution in [0.5, 0.6) is 0 Å². The van der Waals surface area contributed by atoms with Crippen LogP contribution in [-0.4, -0.2) is 24.9 Å². The van der Waals surface area contributed by atoms with E-state index in [-0.39, 0.29) is 17.6 Å². The summed E-state index contributed by atoms with van der Waals surface area (Å²) >= 11 is 5.36. The van der Waals surface area contributed by atoms with Crippen molar-refractivity contribution >= 4 is 28.9 Å². The van der Waals surface area contributed by atoms with E-state index >= 15 is 0 Å². The van der Waals surface area contributed by atoms with Crippen molar-refractivity contribution < 1.29 is 9.18 Å². The maximum absolute atomic E-state index is 13.8. The van der Waals surface area contributed by atoms with E-state index in [4.69, 9.17) is 11.6 Å². The van der Waals surface area contributed by atoms with Gasteiger partial charge >= 0.3 is 0 Å². The second-order valence-electron chi connectivity index (χ2n) is 4.04. The van der Waals surface area contributed by atoms with Crippen molar-refractivity contribution in [3.05, 3.63) is 24.0 Å². The van der Waals surface area contributed by atoms with Gasteiger partial charge in [0.15, 0.2) is 0 Å². The third kappa shape index (κ3) is 2.88. The summed E-state index contributed by atoms with van der Waals surface area (Å²) in [6, 6.07) is 4.73. The zero-order valence-electron chi connectivity index (χ0n) is 9.38. The van der Waals surface area contributed by atoms with Gasteiger partial charge in [-0.05, 0) is 31.0 Å². The first-order valence-electron chi connectivity index (χ1n) is 5.61. The molecule has 1 aromatic carbocycles. The molecule has 92 valence electrons. The Labute approximate surface area is 105 Å². The maximum atomic E-state index is 13.8. The van der Waals surface area contributed by atoms with Crippen molar-refractivity contribution in [2.45, 2.75) is 12.8 Å². The monoisotopic (exact) mass is 256 g/mol. The molecule has 1 N–H and O–H groups in total. The summed E-state index contributed by atoms with van der Waals surface area (Å²) in [4.78, 5) is 13.1. The van der Waals surface area contributed by atoms with Gasteiger partial charge in [-0.3, -0.25) is 4.79 Å². The van der Waals surface area contributed by atoms with E-state index in [1.165, 1.54) is 6.07 Å². The molecule has 0 bridgehead atoms. The Morgan fingerprint density at radius 1 is 1.41 bits per heavy atom. The van der Waals surface area contributed by atoms with Gasteiger partial charge in [-0.15, -0.1) is 11.6 Å². The van der Waals surface area contributed by atoms with Crippen LogP contribution in [-0.2, 0) is 4.79 Å². The molecule has 1 fully saturated rings. The number of carbonyl (C=O) groups is 1. The molecule has 0 saturated carbocycles. The lowest BCUT2D eigenvalue weighted by Crippen LogP contribution is -2.19. The van der Waals surface area contributed by atoms with Crippen molar-refractivity contribution in [3.63, 3.8) is 0 Å². The number of benzene rings is 1. The lowest BCUT2D eigenvalue weighted by molar-refractivity contribution is -0.113. The fourth-order valence-corrected chi connectivity index (χ4v) is 2.06. The van der Waals surface area contributed by atoms with Gasteiger partial charge in [0.2, 0.25) is 5.91 Å². The number of carbonyl (C=O) groups excluding carboxylic acids is 1. The molecule has 1 saturated heterocycles. The SMILES string of the molecule is O=C(CCl)Nc1ccc(N2CCCC2)c(F)c1.